The molecule has 2 atom stereocenters. The van der Waals surface area contributed by atoms with Gasteiger partial charge in [-0.1, -0.05) is 24.1 Å². The summed E-state index contributed by atoms with van der Waals surface area (Å²) in [6.45, 7) is 3.67. The minimum atomic E-state index is -0.908. The molecule has 1 aromatic heterocycles. The Morgan fingerprint density at radius 3 is 2.47 bits per heavy atom. The Morgan fingerprint density at radius 1 is 1.02 bits per heavy atom. The molecule has 3 saturated heterocycles. The number of halogens is 3. The smallest absolute Gasteiger partial charge is 0.319 e. The summed E-state index contributed by atoms with van der Waals surface area (Å²) in [5, 5.41) is 0.920. The number of fused-ring (bicyclic) bond motifs is 5. The van der Waals surface area contributed by atoms with Gasteiger partial charge < -0.3 is 15.4 Å². The predicted octanol–water partition coefficient (Wildman–Crippen LogP) is 5.50. The van der Waals surface area contributed by atoms with Gasteiger partial charge in [0.15, 0.2) is 5.82 Å². The van der Waals surface area contributed by atoms with E-state index in [1.807, 2.05) is 0 Å². The Kier molecular flexibility index (Phi) is 6.48. The third-order valence-electron chi connectivity index (χ3n) is 10.3. The maximum atomic E-state index is 16.9. The highest BCUT2D eigenvalue weighted by molar-refractivity contribution is 6.05. The topological polar surface area (TPSA) is 70.8 Å². The van der Waals surface area contributed by atoms with E-state index in [1.165, 1.54) is 24.3 Å². The molecule has 0 saturated carbocycles. The molecule has 10 heteroatoms. The van der Waals surface area contributed by atoms with Crippen LogP contribution >= 0.6 is 0 Å². The van der Waals surface area contributed by atoms with E-state index in [9.17, 15) is 4.39 Å². The standard InChI is InChI=1S/C35H33F3N6O/c1-3-24-27(36)9-6-20-14-21(39)15-25(29(20)24)30-28(37)16-26-32(31(30)38)40-34(45-19-35-10-4-12-44(35)13-5-11-35)41-33(26)43-17-22-7-8-23(18-43)42(22)2/h1,6-9,14-16,22-23H,4-5,10-13,17-19,39H2,2H3. The fourth-order valence-corrected chi connectivity index (χ4v) is 8.03. The van der Waals surface area contributed by atoms with Gasteiger partial charge in [0.05, 0.1) is 16.7 Å². The molecule has 2 N–H and O–H groups in total. The number of nitrogens with zero attached hydrogens (tertiary/aromatic N) is 5. The van der Waals surface area contributed by atoms with Gasteiger partial charge in [0.2, 0.25) is 0 Å². The zero-order chi connectivity index (χ0) is 31.0. The van der Waals surface area contributed by atoms with Gasteiger partial charge in [-0.25, -0.2) is 13.2 Å². The maximum Gasteiger partial charge on any atom is 0.319 e. The van der Waals surface area contributed by atoms with Gasteiger partial charge in [0.25, 0.3) is 0 Å². The zero-order valence-electron chi connectivity index (χ0n) is 25.0. The van der Waals surface area contributed by atoms with E-state index in [-0.39, 0.29) is 62.3 Å². The quantitative estimate of drug-likeness (QED) is 0.182. The highest BCUT2D eigenvalue weighted by atomic mass is 19.1. The van der Waals surface area contributed by atoms with E-state index in [2.05, 4.69) is 44.8 Å². The average Bonchev–Trinajstić information content (AvgIpc) is 3.65. The van der Waals surface area contributed by atoms with Crippen LogP contribution in [0.2, 0.25) is 0 Å². The number of nitrogen functional groups attached to an aromatic ring is 1. The molecular formula is C35H33F3N6O. The summed E-state index contributed by atoms with van der Waals surface area (Å²) in [4.78, 5) is 16.2. The minimum Gasteiger partial charge on any atom is -0.461 e. The van der Waals surface area contributed by atoms with Crippen molar-refractivity contribution in [3.8, 4) is 29.5 Å². The van der Waals surface area contributed by atoms with Crippen LogP contribution in [0.1, 0.15) is 31.2 Å². The number of nitrogens with two attached hydrogens (primary N) is 1. The van der Waals surface area contributed by atoms with Gasteiger partial charge in [0.1, 0.15) is 29.6 Å². The lowest BCUT2D eigenvalue weighted by molar-refractivity contribution is 0.108. The summed E-state index contributed by atoms with van der Waals surface area (Å²) in [6, 6.07) is 7.36. The van der Waals surface area contributed by atoms with Crippen LogP contribution in [-0.4, -0.2) is 77.2 Å². The molecule has 2 unspecified atom stereocenters. The van der Waals surface area contributed by atoms with E-state index in [1.54, 1.807) is 6.07 Å². The molecule has 5 heterocycles. The van der Waals surface area contributed by atoms with Crippen molar-refractivity contribution in [1.82, 2.24) is 19.8 Å². The lowest BCUT2D eigenvalue weighted by atomic mass is 9.92. The summed E-state index contributed by atoms with van der Waals surface area (Å²) < 4.78 is 54.4. The Labute approximate surface area is 259 Å². The second kappa shape index (κ2) is 10.4. The van der Waals surface area contributed by atoms with Crippen molar-refractivity contribution in [2.24, 2.45) is 0 Å². The molecule has 7 nitrogen and oxygen atoms in total. The Hall–Kier alpha value is -4.33. The number of piperazine rings is 1. The molecule has 3 fully saturated rings. The SMILES string of the molecule is C#Cc1c(F)ccc2cc(N)cc(-c3c(F)cc4c(N5CC6C=CC(C5)N6C)nc(OCC56CCCN5CCC6)nc4c3F)c12. The van der Waals surface area contributed by atoms with Gasteiger partial charge in [-0.2, -0.15) is 9.97 Å². The van der Waals surface area contributed by atoms with Crippen molar-refractivity contribution >= 4 is 33.2 Å². The highest BCUT2D eigenvalue weighted by Gasteiger charge is 2.45. The fraction of sp³-hybridized carbons (Fsp3) is 0.371. The Balaban J connectivity index is 1.31. The van der Waals surface area contributed by atoms with Crippen molar-refractivity contribution < 1.29 is 17.9 Å². The highest BCUT2D eigenvalue weighted by Crippen LogP contribution is 2.42. The molecule has 4 aromatic rings. The summed E-state index contributed by atoms with van der Waals surface area (Å²) in [5.74, 6) is 0.360. The Bertz CT molecular complexity index is 1930. The first-order valence-electron chi connectivity index (χ1n) is 15.5. The first kappa shape index (κ1) is 28.2. The van der Waals surface area contributed by atoms with E-state index < -0.39 is 17.5 Å². The van der Waals surface area contributed by atoms with E-state index in [0.29, 0.717) is 30.9 Å². The summed E-state index contributed by atoms with van der Waals surface area (Å²) in [7, 11) is 2.07. The molecule has 8 rings (SSSR count). The van der Waals surface area contributed by atoms with Crippen molar-refractivity contribution in [2.75, 3.05) is 50.5 Å². The normalized spacial score (nSPS) is 22.4. The lowest BCUT2D eigenvalue weighted by Gasteiger charge is -2.40. The second-order valence-electron chi connectivity index (χ2n) is 12.8. The van der Waals surface area contributed by atoms with E-state index >= 15 is 8.78 Å². The number of hydrogen-bond acceptors (Lipinski definition) is 7. The van der Waals surface area contributed by atoms with E-state index in [0.717, 1.165) is 38.8 Å². The number of rotatable bonds is 5. The molecular weight excluding hydrogens is 577 g/mol. The van der Waals surface area contributed by atoms with Crippen molar-refractivity contribution in [3.05, 3.63) is 65.5 Å². The molecule has 45 heavy (non-hydrogen) atoms. The third kappa shape index (κ3) is 4.36. The number of aromatic nitrogens is 2. The van der Waals surface area contributed by atoms with Crippen LogP contribution in [0.3, 0.4) is 0 Å². The fourth-order valence-electron chi connectivity index (χ4n) is 8.03. The number of likely N-dealkylation sites (N-methyl/N-ethyl adjacent to an activating group) is 1. The molecule has 3 aromatic carbocycles. The monoisotopic (exact) mass is 610 g/mol. The van der Waals surface area contributed by atoms with Crippen molar-refractivity contribution in [2.45, 2.75) is 43.3 Å². The first-order chi connectivity index (χ1) is 21.8. The van der Waals surface area contributed by atoms with Crippen LogP contribution in [0.15, 0.2) is 42.5 Å². The summed E-state index contributed by atoms with van der Waals surface area (Å²) in [5.41, 5.74) is 5.88. The van der Waals surface area contributed by atoms with Crippen LogP contribution in [0.4, 0.5) is 24.7 Å². The number of anilines is 2. The maximum absolute atomic E-state index is 16.9. The molecule has 0 aliphatic carbocycles. The first-order valence-corrected chi connectivity index (χ1v) is 15.5. The third-order valence-corrected chi connectivity index (χ3v) is 10.3. The van der Waals surface area contributed by atoms with Gasteiger partial charge in [-0.15, -0.1) is 6.42 Å². The zero-order valence-corrected chi connectivity index (χ0v) is 25.0. The molecule has 0 radical (unpaired) electrons. The largest absolute Gasteiger partial charge is 0.461 e. The number of terminal acetylenes is 1. The molecule has 2 bridgehead atoms. The van der Waals surface area contributed by atoms with Gasteiger partial charge in [-0.05, 0) is 81.0 Å². The van der Waals surface area contributed by atoms with Crippen molar-refractivity contribution in [1.29, 1.82) is 0 Å². The molecule has 230 valence electrons. The minimum absolute atomic E-state index is 0.0501. The number of benzene rings is 3. The average molecular weight is 611 g/mol. The molecule has 0 spiro atoms. The van der Waals surface area contributed by atoms with Crippen LogP contribution < -0.4 is 15.4 Å². The summed E-state index contributed by atoms with van der Waals surface area (Å²) in [6.07, 6.45) is 14.3. The van der Waals surface area contributed by atoms with Crippen LogP contribution in [0, 0.1) is 29.8 Å². The van der Waals surface area contributed by atoms with Gasteiger partial charge in [-0.3, -0.25) is 9.80 Å². The van der Waals surface area contributed by atoms with Crippen molar-refractivity contribution in [3.63, 3.8) is 0 Å². The van der Waals surface area contributed by atoms with E-state index in [4.69, 9.17) is 21.9 Å². The second-order valence-corrected chi connectivity index (χ2v) is 12.8. The van der Waals surface area contributed by atoms with Crippen LogP contribution in [-0.2, 0) is 0 Å². The number of ether oxygens (including phenoxy) is 1. The lowest BCUT2D eigenvalue weighted by Crippen LogP contribution is -2.53. The number of hydrogen-bond donors (Lipinski definition) is 1. The van der Waals surface area contributed by atoms with Crippen LogP contribution in [0.5, 0.6) is 6.01 Å². The summed E-state index contributed by atoms with van der Waals surface area (Å²) >= 11 is 0. The van der Waals surface area contributed by atoms with Crippen LogP contribution in [0.25, 0.3) is 32.8 Å². The van der Waals surface area contributed by atoms with Gasteiger partial charge >= 0.3 is 6.01 Å². The molecule has 4 aliphatic rings. The molecule has 4 aliphatic heterocycles. The predicted molar refractivity (Wildman–Crippen MR) is 170 cm³/mol. The Morgan fingerprint density at radius 2 is 1.76 bits per heavy atom. The molecule has 0 amide bonds. The van der Waals surface area contributed by atoms with Gasteiger partial charge in [0, 0.05) is 41.6 Å².